The zero-order chi connectivity index (χ0) is 13.1. The van der Waals surface area contributed by atoms with E-state index in [0.29, 0.717) is 11.6 Å². The molecule has 0 bridgehead atoms. The molecule has 1 aromatic heterocycles. The topological polar surface area (TPSA) is 59.4 Å². The maximum absolute atomic E-state index is 10.8. The fourth-order valence-electron chi connectivity index (χ4n) is 1.58. The minimum absolute atomic E-state index is 0.247. The van der Waals surface area contributed by atoms with Gasteiger partial charge in [0.05, 0.1) is 5.56 Å². The molecule has 0 atom stereocenters. The van der Waals surface area contributed by atoms with Crippen LogP contribution in [0.5, 0.6) is 11.6 Å². The molecular formula is C14H13NO3. The van der Waals surface area contributed by atoms with Crippen LogP contribution in [-0.4, -0.2) is 16.1 Å². The summed E-state index contributed by atoms with van der Waals surface area (Å²) in [6.45, 7) is 3.69. The number of carbonyl (C=O) groups is 1. The third-order valence-electron chi connectivity index (χ3n) is 2.50. The molecule has 18 heavy (non-hydrogen) atoms. The largest absolute Gasteiger partial charge is 0.478 e. The third kappa shape index (κ3) is 2.66. The Kier molecular flexibility index (Phi) is 3.28. The molecule has 0 amide bonds. The standard InChI is InChI=1S/C14H13NO3/c1-9-8-11(14(16)17)6-7-12(9)18-13-5-3-4-10(2)15-13/h3-8H,1-2H3,(H,16,17). The smallest absolute Gasteiger partial charge is 0.335 e. The van der Waals surface area contributed by atoms with Gasteiger partial charge in [-0.15, -0.1) is 0 Å². The average Bonchev–Trinajstić information content (AvgIpc) is 2.31. The van der Waals surface area contributed by atoms with E-state index in [1.165, 1.54) is 6.07 Å². The summed E-state index contributed by atoms with van der Waals surface area (Å²) in [5.74, 6) is 0.164. The van der Waals surface area contributed by atoms with E-state index in [1.54, 1.807) is 25.1 Å². The summed E-state index contributed by atoms with van der Waals surface area (Å²) in [5.41, 5.74) is 1.88. The van der Waals surface area contributed by atoms with Crippen LogP contribution in [0.15, 0.2) is 36.4 Å². The highest BCUT2D eigenvalue weighted by atomic mass is 16.5. The fraction of sp³-hybridized carbons (Fsp3) is 0.143. The fourth-order valence-corrected chi connectivity index (χ4v) is 1.58. The lowest BCUT2D eigenvalue weighted by Crippen LogP contribution is -1.98. The molecule has 0 aliphatic carbocycles. The maximum atomic E-state index is 10.8. The average molecular weight is 243 g/mol. The van der Waals surface area contributed by atoms with Crippen molar-refractivity contribution in [2.75, 3.05) is 0 Å². The highest BCUT2D eigenvalue weighted by Gasteiger charge is 2.07. The van der Waals surface area contributed by atoms with Gasteiger partial charge < -0.3 is 9.84 Å². The Morgan fingerprint density at radius 2 is 2.00 bits per heavy atom. The molecule has 0 aliphatic heterocycles. The van der Waals surface area contributed by atoms with Gasteiger partial charge >= 0.3 is 5.97 Å². The van der Waals surface area contributed by atoms with Crippen molar-refractivity contribution >= 4 is 5.97 Å². The van der Waals surface area contributed by atoms with E-state index in [9.17, 15) is 4.79 Å². The van der Waals surface area contributed by atoms with E-state index in [4.69, 9.17) is 9.84 Å². The van der Waals surface area contributed by atoms with Crippen LogP contribution in [-0.2, 0) is 0 Å². The summed E-state index contributed by atoms with van der Waals surface area (Å²) in [7, 11) is 0. The molecule has 1 heterocycles. The molecule has 2 rings (SSSR count). The van der Waals surface area contributed by atoms with Crippen molar-refractivity contribution in [1.29, 1.82) is 0 Å². The lowest BCUT2D eigenvalue weighted by Gasteiger charge is -2.08. The number of carboxylic acids is 1. The van der Waals surface area contributed by atoms with Crippen LogP contribution in [0.2, 0.25) is 0 Å². The van der Waals surface area contributed by atoms with Gasteiger partial charge in [-0.2, -0.15) is 0 Å². The van der Waals surface area contributed by atoms with E-state index < -0.39 is 5.97 Å². The summed E-state index contributed by atoms with van der Waals surface area (Å²) < 4.78 is 5.62. The number of carboxylic acid groups (broad SMARTS) is 1. The van der Waals surface area contributed by atoms with Crippen molar-refractivity contribution < 1.29 is 14.6 Å². The Morgan fingerprint density at radius 3 is 2.61 bits per heavy atom. The van der Waals surface area contributed by atoms with Crippen molar-refractivity contribution in [2.45, 2.75) is 13.8 Å². The second-order valence-corrected chi connectivity index (χ2v) is 4.00. The number of aromatic carboxylic acids is 1. The predicted octanol–water partition coefficient (Wildman–Crippen LogP) is 3.19. The van der Waals surface area contributed by atoms with Gasteiger partial charge in [0.25, 0.3) is 0 Å². The number of rotatable bonds is 3. The molecule has 0 saturated carbocycles. The summed E-state index contributed by atoms with van der Waals surface area (Å²) in [6, 6.07) is 10.2. The first-order valence-corrected chi connectivity index (χ1v) is 5.52. The minimum atomic E-state index is -0.946. The lowest BCUT2D eigenvalue weighted by molar-refractivity contribution is 0.0697. The summed E-state index contributed by atoms with van der Waals surface area (Å²) >= 11 is 0. The Labute approximate surface area is 105 Å². The zero-order valence-corrected chi connectivity index (χ0v) is 10.2. The minimum Gasteiger partial charge on any atom is -0.478 e. The van der Waals surface area contributed by atoms with E-state index in [2.05, 4.69) is 4.98 Å². The number of nitrogens with zero attached hydrogens (tertiary/aromatic N) is 1. The molecule has 1 N–H and O–H groups in total. The van der Waals surface area contributed by atoms with E-state index >= 15 is 0 Å². The van der Waals surface area contributed by atoms with Gasteiger partial charge in [0, 0.05) is 11.8 Å². The first-order valence-electron chi connectivity index (χ1n) is 5.52. The van der Waals surface area contributed by atoms with E-state index in [0.717, 1.165) is 11.3 Å². The Bertz CT molecular complexity index is 593. The van der Waals surface area contributed by atoms with Crippen LogP contribution in [0.25, 0.3) is 0 Å². The quantitative estimate of drug-likeness (QED) is 0.899. The van der Waals surface area contributed by atoms with Crippen molar-refractivity contribution in [1.82, 2.24) is 4.98 Å². The molecule has 4 nitrogen and oxygen atoms in total. The van der Waals surface area contributed by atoms with Gasteiger partial charge in [-0.05, 0) is 43.7 Å². The van der Waals surface area contributed by atoms with Crippen LogP contribution >= 0.6 is 0 Å². The number of aromatic nitrogens is 1. The highest BCUT2D eigenvalue weighted by Crippen LogP contribution is 2.24. The molecule has 1 aromatic carbocycles. The molecule has 0 spiro atoms. The van der Waals surface area contributed by atoms with Crippen molar-refractivity contribution in [3.63, 3.8) is 0 Å². The maximum Gasteiger partial charge on any atom is 0.335 e. The van der Waals surface area contributed by atoms with Crippen LogP contribution in [0, 0.1) is 13.8 Å². The molecule has 2 aromatic rings. The summed E-state index contributed by atoms with van der Waals surface area (Å²) in [4.78, 5) is 15.0. The van der Waals surface area contributed by atoms with Crippen molar-refractivity contribution in [3.8, 4) is 11.6 Å². The number of pyridine rings is 1. The summed E-state index contributed by atoms with van der Waals surface area (Å²) in [5, 5.41) is 8.87. The Hall–Kier alpha value is -2.36. The number of benzene rings is 1. The predicted molar refractivity (Wildman–Crippen MR) is 67.2 cm³/mol. The highest BCUT2D eigenvalue weighted by molar-refractivity contribution is 5.88. The molecule has 0 saturated heterocycles. The van der Waals surface area contributed by atoms with Gasteiger partial charge in [-0.25, -0.2) is 9.78 Å². The first-order chi connectivity index (χ1) is 8.56. The van der Waals surface area contributed by atoms with Crippen LogP contribution in [0.4, 0.5) is 0 Å². The Morgan fingerprint density at radius 1 is 1.22 bits per heavy atom. The lowest BCUT2D eigenvalue weighted by atomic mass is 10.1. The van der Waals surface area contributed by atoms with Crippen LogP contribution in [0.1, 0.15) is 21.6 Å². The first kappa shape index (κ1) is 12.1. The van der Waals surface area contributed by atoms with Crippen LogP contribution < -0.4 is 4.74 Å². The molecule has 0 unspecified atom stereocenters. The van der Waals surface area contributed by atoms with Gasteiger partial charge in [0.15, 0.2) is 0 Å². The molecule has 4 heteroatoms. The molecular weight excluding hydrogens is 230 g/mol. The molecule has 0 aliphatic rings. The van der Waals surface area contributed by atoms with E-state index in [-0.39, 0.29) is 5.56 Å². The normalized spacial score (nSPS) is 10.1. The van der Waals surface area contributed by atoms with Gasteiger partial charge in [0.2, 0.25) is 5.88 Å². The SMILES string of the molecule is Cc1cccc(Oc2ccc(C(=O)O)cc2C)n1. The monoisotopic (exact) mass is 243 g/mol. The zero-order valence-electron chi connectivity index (χ0n) is 10.2. The number of hydrogen-bond donors (Lipinski definition) is 1. The van der Waals surface area contributed by atoms with Gasteiger partial charge in [-0.1, -0.05) is 6.07 Å². The second-order valence-electron chi connectivity index (χ2n) is 4.00. The van der Waals surface area contributed by atoms with Crippen LogP contribution in [0.3, 0.4) is 0 Å². The molecule has 0 fully saturated rings. The number of ether oxygens (including phenoxy) is 1. The van der Waals surface area contributed by atoms with E-state index in [1.807, 2.05) is 19.1 Å². The third-order valence-corrected chi connectivity index (χ3v) is 2.50. The number of aryl methyl sites for hydroxylation is 2. The van der Waals surface area contributed by atoms with Gasteiger partial charge in [-0.3, -0.25) is 0 Å². The van der Waals surface area contributed by atoms with Crippen molar-refractivity contribution in [2.24, 2.45) is 0 Å². The second kappa shape index (κ2) is 4.87. The number of hydrogen-bond acceptors (Lipinski definition) is 3. The van der Waals surface area contributed by atoms with Gasteiger partial charge in [0.1, 0.15) is 5.75 Å². The molecule has 92 valence electrons. The molecule has 0 radical (unpaired) electrons. The van der Waals surface area contributed by atoms with Crippen molar-refractivity contribution in [3.05, 3.63) is 53.2 Å². The summed E-state index contributed by atoms with van der Waals surface area (Å²) in [6.07, 6.45) is 0. The Balaban J connectivity index is 2.27.